The standard InChI is InChI=1S/C18H13Br3N4O2/c19-13-3-1-2-11(6-13)10-25-5-4-16(24-25)18(27)23-22-9-12-7-14(20)17(26)15(21)8-12/h1-9,26H,10H2,(H,23,27)/b22-9+. The largest absolute Gasteiger partial charge is 0.506 e. The first-order chi connectivity index (χ1) is 12.9. The zero-order valence-electron chi connectivity index (χ0n) is 13.7. The highest BCUT2D eigenvalue weighted by molar-refractivity contribution is 9.11. The number of aromatic nitrogens is 2. The third-order valence-electron chi connectivity index (χ3n) is 3.53. The van der Waals surface area contributed by atoms with Crippen LogP contribution in [0.1, 0.15) is 21.6 Å². The molecule has 0 unspecified atom stereocenters. The number of rotatable bonds is 5. The van der Waals surface area contributed by atoms with Gasteiger partial charge in [-0.1, -0.05) is 28.1 Å². The van der Waals surface area contributed by atoms with Gasteiger partial charge < -0.3 is 5.11 Å². The van der Waals surface area contributed by atoms with Gasteiger partial charge in [-0.25, -0.2) is 5.43 Å². The second-order valence-electron chi connectivity index (χ2n) is 5.56. The van der Waals surface area contributed by atoms with E-state index in [2.05, 4.69) is 63.4 Å². The molecular weight excluding hydrogens is 544 g/mol. The SMILES string of the molecule is O=C(N/N=C/c1cc(Br)c(O)c(Br)c1)c1ccn(Cc2cccc(Br)c2)n1. The summed E-state index contributed by atoms with van der Waals surface area (Å²) < 4.78 is 3.73. The van der Waals surface area contributed by atoms with Gasteiger partial charge in [-0.2, -0.15) is 10.2 Å². The maximum absolute atomic E-state index is 12.2. The fraction of sp³-hybridized carbons (Fsp3) is 0.0556. The van der Waals surface area contributed by atoms with E-state index in [-0.39, 0.29) is 11.4 Å². The summed E-state index contributed by atoms with van der Waals surface area (Å²) in [5.41, 5.74) is 4.49. The van der Waals surface area contributed by atoms with Gasteiger partial charge in [0.05, 0.1) is 21.7 Å². The highest BCUT2D eigenvalue weighted by atomic mass is 79.9. The molecule has 9 heteroatoms. The first kappa shape index (κ1) is 19.8. The van der Waals surface area contributed by atoms with Gasteiger partial charge in [0.15, 0.2) is 5.69 Å². The molecule has 0 spiro atoms. The molecule has 138 valence electrons. The van der Waals surface area contributed by atoms with Crippen LogP contribution in [0.2, 0.25) is 0 Å². The summed E-state index contributed by atoms with van der Waals surface area (Å²) in [5, 5.41) is 17.9. The van der Waals surface area contributed by atoms with Gasteiger partial charge in [-0.05, 0) is 73.3 Å². The summed E-state index contributed by atoms with van der Waals surface area (Å²) in [6.45, 7) is 0.561. The lowest BCUT2D eigenvalue weighted by molar-refractivity contribution is 0.0949. The number of hydrogen-bond donors (Lipinski definition) is 2. The predicted molar refractivity (Wildman–Crippen MR) is 114 cm³/mol. The summed E-state index contributed by atoms with van der Waals surface area (Å²) in [6, 6.07) is 12.9. The van der Waals surface area contributed by atoms with Gasteiger partial charge in [0, 0.05) is 10.7 Å². The van der Waals surface area contributed by atoms with Crippen molar-refractivity contribution in [2.24, 2.45) is 5.10 Å². The molecule has 0 saturated carbocycles. The van der Waals surface area contributed by atoms with Gasteiger partial charge in [0.1, 0.15) is 5.75 Å². The number of phenols is 1. The highest BCUT2D eigenvalue weighted by Gasteiger charge is 2.09. The van der Waals surface area contributed by atoms with Crippen molar-refractivity contribution >= 4 is 59.9 Å². The molecular formula is C18H13Br3N4O2. The van der Waals surface area contributed by atoms with E-state index < -0.39 is 5.91 Å². The molecule has 0 atom stereocenters. The molecule has 6 nitrogen and oxygen atoms in total. The number of nitrogens with zero attached hydrogens (tertiary/aromatic N) is 3. The maximum atomic E-state index is 12.2. The van der Waals surface area contributed by atoms with E-state index >= 15 is 0 Å². The number of hydrazone groups is 1. The summed E-state index contributed by atoms with van der Waals surface area (Å²) in [4.78, 5) is 12.2. The van der Waals surface area contributed by atoms with Crippen molar-refractivity contribution in [1.29, 1.82) is 0 Å². The third kappa shape index (κ3) is 5.27. The second kappa shape index (κ2) is 8.81. The number of amides is 1. The number of carbonyl (C=O) groups excluding carboxylic acids is 1. The molecule has 3 aromatic rings. The highest BCUT2D eigenvalue weighted by Crippen LogP contribution is 2.32. The van der Waals surface area contributed by atoms with Gasteiger partial charge in [0.2, 0.25) is 0 Å². The van der Waals surface area contributed by atoms with E-state index in [4.69, 9.17) is 0 Å². The Hall–Kier alpha value is -1.97. The van der Waals surface area contributed by atoms with Crippen LogP contribution in [-0.4, -0.2) is 27.0 Å². The molecule has 1 heterocycles. The Bertz CT molecular complexity index is 994. The minimum Gasteiger partial charge on any atom is -0.506 e. The molecule has 2 aromatic carbocycles. The molecule has 0 aliphatic rings. The minimum absolute atomic E-state index is 0.104. The van der Waals surface area contributed by atoms with Gasteiger partial charge in [-0.15, -0.1) is 0 Å². The average molecular weight is 557 g/mol. The Labute approximate surface area is 180 Å². The van der Waals surface area contributed by atoms with Crippen LogP contribution in [0.25, 0.3) is 0 Å². The summed E-state index contributed by atoms with van der Waals surface area (Å²) in [6.07, 6.45) is 3.22. The number of phenolic OH excluding ortho intramolecular Hbond substituents is 1. The Balaban J connectivity index is 1.62. The number of hydrogen-bond acceptors (Lipinski definition) is 4. The zero-order chi connectivity index (χ0) is 19.4. The fourth-order valence-corrected chi connectivity index (χ4v) is 3.94. The van der Waals surface area contributed by atoms with Gasteiger partial charge in [0.25, 0.3) is 5.91 Å². The Kier molecular flexibility index (Phi) is 6.46. The van der Waals surface area contributed by atoms with Crippen LogP contribution >= 0.6 is 47.8 Å². The smallest absolute Gasteiger partial charge is 0.291 e. The quantitative estimate of drug-likeness (QED) is 0.353. The van der Waals surface area contributed by atoms with E-state index in [0.717, 1.165) is 10.0 Å². The van der Waals surface area contributed by atoms with Crippen molar-refractivity contribution in [3.8, 4) is 5.75 Å². The third-order valence-corrected chi connectivity index (χ3v) is 5.23. The Morgan fingerprint density at radius 3 is 2.63 bits per heavy atom. The maximum Gasteiger partial charge on any atom is 0.291 e. The van der Waals surface area contributed by atoms with E-state index in [1.165, 1.54) is 6.21 Å². The molecule has 0 aliphatic carbocycles. The van der Waals surface area contributed by atoms with E-state index in [0.29, 0.717) is 21.1 Å². The molecule has 27 heavy (non-hydrogen) atoms. The van der Waals surface area contributed by atoms with Crippen LogP contribution < -0.4 is 5.43 Å². The number of halogens is 3. The molecule has 3 rings (SSSR count). The lowest BCUT2D eigenvalue weighted by Gasteiger charge is -2.03. The monoisotopic (exact) mass is 554 g/mol. The first-order valence-electron chi connectivity index (χ1n) is 7.71. The molecule has 2 N–H and O–H groups in total. The number of nitrogens with one attached hydrogen (secondary N) is 1. The fourth-order valence-electron chi connectivity index (χ4n) is 2.28. The number of aromatic hydroxyl groups is 1. The molecule has 0 fully saturated rings. The Morgan fingerprint density at radius 1 is 1.19 bits per heavy atom. The van der Waals surface area contributed by atoms with Crippen LogP contribution in [0.4, 0.5) is 0 Å². The molecule has 0 radical (unpaired) electrons. The van der Waals surface area contributed by atoms with E-state index in [1.807, 2.05) is 24.3 Å². The lowest BCUT2D eigenvalue weighted by atomic mass is 10.2. The molecule has 0 saturated heterocycles. The van der Waals surface area contributed by atoms with E-state index in [9.17, 15) is 9.90 Å². The normalized spacial score (nSPS) is 11.1. The van der Waals surface area contributed by atoms with Crippen LogP contribution in [0.15, 0.2) is 67.2 Å². The molecule has 0 aliphatic heterocycles. The number of carbonyl (C=O) groups is 1. The van der Waals surface area contributed by atoms with Crippen molar-refractivity contribution in [1.82, 2.24) is 15.2 Å². The first-order valence-corrected chi connectivity index (χ1v) is 10.1. The van der Waals surface area contributed by atoms with Crippen molar-refractivity contribution < 1.29 is 9.90 Å². The summed E-state index contributed by atoms with van der Waals surface area (Å²) in [5.74, 6) is -0.302. The molecule has 1 aromatic heterocycles. The van der Waals surface area contributed by atoms with E-state index in [1.54, 1.807) is 29.1 Å². The van der Waals surface area contributed by atoms with Gasteiger partial charge >= 0.3 is 0 Å². The number of benzene rings is 2. The minimum atomic E-state index is -0.406. The van der Waals surface area contributed by atoms with Crippen molar-refractivity contribution in [2.45, 2.75) is 6.54 Å². The second-order valence-corrected chi connectivity index (χ2v) is 8.19. The lowest BCUT2D eigenvalue weighted by Crippen LogP contribution is -2.18. The van der Waals surface area contributed by atoms with Crippen molar-refractivity contribution in [3.63, 3.8) is 0 Å². The van der Waals surface area contributed by atoms with Crippen molar-refractivity contribution in [3.05, 3.63) is 78.9 Å². The summed E-state index contributed by atoms with van der Waals surface area (Å²) >= 11 is 9.92. The van der Waals surface area contributed by atoms with Crippen molar-refractivity contribution in [2.75, 3.05) is 0 Å². The van der Waals surface area contributed by atoms with Crippen LogP contribution in [0.5, 0.6) is 5.75 Å². The molecule has 1 amide bonds. The summed E-state index contributed by atoms with van der Waals surface area (Å²) in [7, 11) is 0. The van der Waals surface area contributed by atoms with Crippen LogP contribution in [-0.2, 0) is 6.54 Å². The predicted octanol–water partition coefficient (Wildman–Crippen LogP) is 4.69. The van der Waals surface area contributed by atoms with Gasteiger partial charge in [-0.3, -0.25) is 9.48 Å². The van der Waals surface area contributed by atoms with Crippen LogP contribution in [0, 0.1) is 0 Å². The zero-order valence-corrected chi connectivity index (χ0v) is 18.5. The average Bonchev–Trinajstić information content (AvgIpc) is 3.08. The topological polar surface area (TPSA) is 79.5 Å². The van der Waals surface area contributed by atoms with Crippen LogP contribution in [0.3, 0.4) is 0 Å². The Morgan fingerprint density at radius 2 is 1.93 bits per heavy atom. The molecule has 0 bridgehead atoms.